The van der Waals surface area contributed by atoms with Crippen molar-refractivity contribution in [3.8, 4) is 0 Å². The number of nitro groups is 1. The molecule has 82 valence electrons. The van der Waals surface area contributed by atoms with Gasteiger partial charge in [0.1, 0.15) is 5.00 Å². The molecule has 0 saturated carbocycles. The average Bonchev–Trinajstić information content (AvgIpc) is 2.62. The molecule has 0 radical (unpaired) electrons. The number of carbonyl (C=O) groups is 1. The van der Waals surface area contributed by atoms with Gasteiger partial charge in [0, 0.05) is 12.6 Å². The smallest absolute Gasteiger partial charge is 0.412 e. The van der Waals surface area contributed by atoms with Gasteiger partial charge in [-0.15, -0.1) is 0 Å². The Bertz CT molecular complexity index is 376. The van der Waals surface area contributed by atoms with Gasteiger partial charge in [-0.2, -0.15) is 0 Å². The normalized spacial score (nSPS) is 9.93. The van der Waals surface area contributed by atoms with E-state index in [1.807, 2.05) is 6.92 Å². The Labute approximate surface area is 89.9 Å². The van der Waals surface area contributed by atoms with Crippen LogP contribution in [-0.4, -0.2) is 22.7 Å². The molecule has 1 heterocycles. The lowest BCUT2D eigenvalue weighted by Gasteiger charge is -2.14. The molecular formula is C8H10N2O4S. The van der Waals surface area contributed by atoms with Crippen LogP contribution in [-0.2, 0) is 0 Å². The summed E-state index contributed by atoms with van der Waals surface area (Å²) in [5.74, 6) is 0. The zero-order valence-electron chi connectivity index (χ0n) is 8.04. The van der Waals surface area contributed by atoms with Crippen LogP contribution in [0, 0.1) is 10.1 Å². The fourth-order valence-corrected chi connectivity index (χ4v) is 1.93. The molecule has 0 aliphatic rings. The van der Waals surface area contributed by atoms with E-state index in [0.717, 1.165) is 16.2 Å². The highest BCUT2D eigenvalue weighted by atomic mass is 32.1. The molecule has 0 aliphatic heterocycles. The first kappa shape index (κ1) is 11.4. The van der Waals surface area contributed by atoms with E-state index in [2.05, 4.69) is 0 Å². The maximum absolute atomic E-state index is 10.8. The van der Waals surface area contributed by atoms with Crippen LogP contribution in [0.25, 0.3) is 0 Å². The molecule has 0 atom stereocenters. The molecule has 1 rings (SSSR count). The van der Waals surface area contributed by atoms with Gasteiger partial charge in [-0.25, -0.2) is 4.79 Å². The molecule has 0 bridgehead atoms. The molecule has 0 fully saturated rings. The van der Waals surface area contributed by atoms with E-state index < -0.39 is 11.0 Å². The topological polar surface area (TPSA) is 83.7 Å². The highest BCUT2D eigenvalue weighted by Crippen LogP contribution is 2.31. The van der Waals surface area contributed by atoms with Gasteiger partial charge in [0.15, 0.2) is 0 Å². The summed E-state index contributed by atoms with van der Waals surface area (Å²) in [7, 11) is 0. The lowest BCUT2D eigenvalue weighted by molar-refractivity contribution is -0.380. The van der Waals surface area contributed by atoms with Crippen LogP contribution in [0.1, 0.15) is 13.3 Å². The van der Waals surface area contributed by atoms with Crippen LogP contribution >= 0.6 is 11.3 Å². The van der Waals surface area contributed by atoms with E-state index in [-0.39, 0.29) is 5.00 Å². The van der Waals surface area contributed by atoms with Crippen molar-refractivity contribution in [3.63, 3.8) is 0 Å². The highest BCUT2D eigenvalue weighted by Gasteiger charge is 2.18. The molecule has 0 aromatic carbocycles. The van der Waals surface area contributed by atoms with E-state index in [0.29, 0.717) is 18.0 Å². The van der Waals surface area contributed by atoms with Crippen molar-refractivity contribution in [2.45, 2.75) is 13.3 Å². The van der Waals surface area contributed by atoms with Crippen molar-refractivity contribution >= 4 is 27.4 Å². The first-order valence-electron chi connectivity index (χ1n) is 4.31. The SMILES string of the molecule is CCCN(C(=O)O)c1ccc([N+](=O)[O-])s1. The third-order valence-corrected chi connectivity index (χ3v) is 2.76. The Morgan fingerprint density at radius 3 is 2.73 bits per heavy atom. The maximum atomic E-state index is 10.8. The van der Waals surface area contributed by atoms with Crippen molar-refractivity contribution in [2.75, 3.05) is 11.4 Å². The fourth-order valence-electron chi connectivity index (χ4n) is 1.08. The van der Waals surface area contributed by atoms with Crippen molar-refractivity contribution in [2.24, 2.45) is 0 Å². The maximum Gasteiger partial charge on any atom is 0.412 e. The number of carboxylic acid groups (broad SMARTS) is 1. The lowest BCUT2D eigenvalue weighted by Crippen LogP contribution is -2.28. The summed E-state index contributed by atoms with van der Waals surface area (Å²) in [5.41, 5.74) is 0. The Hall–Kier alpha value is -1.63. The van der Waals surface area contributed by atoms with Crippen molar-refractivity contribution in [3.05, 3.63) is 22.2 Å². The Balaban J connectivity index is 2.91. The van der Waals surface area contributed by atoms with E-state index in [4.69, 9.17) is 5.11 Å². The van der Waals surface area contributed by atoms with Crippen molar-refractivity contribution in [1.82, 2.24) is 0 Å². The predicted octanol–water partition coefficient (Wildman–Crippen LogP) is 2.55. The quantitative estimate of drug-likeness (QED) is 0.636. The van der Waals surface area contributed by atoms with Gasteiger partial charge in [-0.1, -0.05) is 6.92 Å². The molecule has 6 nitrogen and oxygen atoms in total. The molecule has 0 unspecified atom stereocenters. The molecule has 0 saturated heterocycles. The molecule has 1 amide bonds. The van der Waals surface area contributed by atoms with E-state index in [1.54, 1.807) is 0 Å². The first-order valence-corrected chi connectivity index (χ1v) is 5.12. The number of thiophene rings is 1. The first-order chi connectivity index (χ1) is 7.06. The fraction of sp³-hybridized carbons (Fsp3) is 0.375. The molecule has 1 N–H and O–H groups in total. The lowest BCUT2D eigenvalue weighted by atomic mass is 10.4. The van der Waals surface area contributed by atoms with Crippen LogP contribution in [0.4, 0.5) is 14.8 Å². The summed E-state index contributed by atoms with van der Waals surface area (Å²) >= 11 is 0.863. The Morgan fingerprint density at radius 2 is 2.33 bits per heavy atom. The minimum Gasteiger partial charge on any atom is -0.465 e. The third kappa shape index (κ3) is 2.66. The van der Waals surface area contributed by atoms with Crippen LogP contribution < -0.4 is 4.90 Å². The summed E-state index contributed by atoms with van der Waals surface area (Å²) < 4.78 is 0. The number of nitrogens with zero attached hydrogens (tertiary/aromatic N) is 2. The molecule has 1 aromatic rings. The van der Waals surface area contributed by atoms with Gasteiger partial charge in [0.25, 0.3) is 0 Å². The summed E-state index contributed by atoms with van der Waals surface area (Å²) in [5, 5.41) is 19.6. The van der Waals surface area contributed by atoms with Gasteiger partial charge in [-0.05, 0) is 23.8 Å². The third-order valence-electron chi connectivity index (χ3n) is 1.70. The zero-order valence-corrected chi connectivity index (χ0v) is 8.86. The minimum absolute atomic E-state index is 0.0487. The molecular weight excluding hydrogens is 220 g/mol. The largest absolute Gasteiger partial charge is 0.465 e. The summed E-state index contributed by atoms with van der Waals surface area (Å²) in [4.78, 5) is 21.8. The van der Waals surface area contributed by atoms with Crippen LogP contribution in [0.15, 0.2) is 12.1 Å². The number of hydrogen-bond donors (Lipinski definition) is 1. The number of rotatable bonds is 4. The van der Waals surface area contributed by atoms with Gasteiger partial charge >= 0.3 is 11.1 Å². The molecule has 0 spiro atoms. The summed E-state index contributed by atoms with van der Waals surface area (Å²) in [6.07, 6.45) is -0.425. The molecule has 7 heteroatoms. The molecule has 1 aromatic heterocycles. The summed E-state index contributed by atoms with van der Waals surface area (Å²) in [6.45, 7) is 2.19. The molecule has 0 aliphatic carbocycles. The van der Waals surface area contributed by atoms with Crippen molar-refractivity contribution in [1.29, 1.82) is 0 Å². The van der Waals surface area contributed by atoms with Crippen LogP contribution in [0.3, 0.4) is 0 Å². The number of hydrogen-bond acceptors (Lipinski definition) is 4. The predicted molar refractivity (Wildman–Crippen MR) is 56.6 cm³/mol. The second-order valence-electron chi connectivity index (χ2n) is 2.80. The second-order valence-corrected chi connectivity index (χ2v) is 3.84. The van der Waals surface area contributed by atoms with E-state index in [9.17, 15) is 14.9 Å². The van der Waals surface area contributed by atoms with E-state index >= 15 is 0 Å². The van der Waals surface area contributed by atoms with Gasteiger partial charge in [0.2, 0.25) is 0 Å². The number of anilines is 1. The average molecular weight is 230 g/mol. The van der Waals surface area contributed by atoms with Gasteiger partial charge < -0.3 is 5.11 Å². The zero-order chi connectivity index (χ0) is 11.4. The van der Waals surface area contributed by atoms with Crippen LogP contribution in [0.5, 0.6) is 0 Å². The Kier molecular flexibility index (Phi) is 3.62. The van der Waals surface area contributed by atoms with E-state index in [1.165, 1.54) is 12.1 Å². The Morgan fingerprint density at radius 1 is 1.67 bits per heavy atom. The second kappa shape index (κ2) is 4.74. The molecule has 15 heavy (non-hydrogen) atoms. The van der Waals surface area contributed by atoms with Gasteiger partial charge in [0.05, 0.1) is 4.92 Å². The minimum atomic E-state index is -1.09. The van der Waals surface area contributed by atoms with Crippen molar-refractivity contribution < 1.29 is 14.8 Å². The summed E-state index contributed by atoms with van der Waals surface area (Å²) in [6, 6.07) is 2.76. The van der Waals surface area contributed by atoms with Crippen LogP contribution in [0.2, 0.25) is 0 Å². The monoisotopic (exact) mass is 230 g/mol. The number of amides is 1. The standard InChI is InChI=1S/C8H10N2O4S/c1-2-5-9(8(11)12)6-3-4-7(15-6)10(13)14/h3-4H,2,5H2,1H3,(H,11,12). The van der Waals surface area contributed by atoms with Gasteiger partial charge in [-0.3, -0.25) is 15.0 Å². The highest BCUT2D eigenvalue weighted by molar-refractivity contribution is 7.19.